The normalized spacial score (nSPS) is 23.5. The molecule has 0 atom stereocenters. The van der Waals surface area contributed by atoms with E-state index in [2.05, 4.69) is 9.29 Å². The number of hydrogen-bond acceptors (Lipinski definition) is 7. The Morgan fingerprint density at radius 2 is 1.79 bits per heavy atom. The van der Waals surface area contributed by atoms with Gasteiger partial charge in [-0.1, -0.05) is 0 Å². The van der Waals surface area contributed by atoms with Crippen molar-refractivity contribution in [3.63, 3.8) is 0 Å². The van der Waals surface area contributed by atoms with E-state index >= 15 is 0 Å². The minimum absolute atomic E-state index is 0.366. The highest BCUT2D eigenvalue weighted by Gasteiger charge is 2.52. The van der Waals surface area contributed by atoms with E-state index in [1.807, 2.05) is 33.8 Å². The summed E-state index contributed by atoms with van der Waals surface area (Å²) in [4.78, 5) is 5.41. The van der Waals surface area contributed by atoms with E-state index in [4.69, 9.17) is 18.8 Å². The molecule has 2 fully saturated rings. The fraction of sp³-hybridized carbons (Fsp3) is 0.688. The lowest BCUT2D eigenvalue weighted by molar-refractivity contribution is 0.00578. The van der Waals surface area contributed by atoms with Crippen LogP contribution in [0.4, 0.5) is 0 Å². The van der Waals surface area contributed by atoms with Crippen LogP contribution in [0.5, 0.6) is 5.88 Å². The van der Waals surface area contributed by atoms with Crippen molar-refractivity contribution in [3.8, 4) is 5.88 Å². The zero-order chi connectivity index (χ0) is 17.4. The minimum Gasteiger partial charge on any atom is -0.480 e. The molecule has 2 aliphatic heterocycles. The Bertz CT molecular complexity index is 577. The van der Waals surface area contributed by atoms with Gasteiger partial charge in [-0.15, -0.1) is 0 Å². The number of aromatic nitrogens is 1. The average molecular weight is 352 g/mol. The third-order valence-corrected chi connectivity index (χ3v) is 5.87. The summed E-state index contributed by atoms with van der Waals surface area (Å²) in [6.07, 6.45) is 1.77. The number of nitrogens with zero attached hydrogens (tertiary/aromatic N) is 2. The monoisotopic (exact) mass is 352 g/mol. The zero-order valence-electron chi connectivity index (χ0n) is 15.0. The largest absolute Gasteiger partial charge is 0.496 e. The van der Waals surface area contributed by atoms with Crippen molar-refractivity contribution in [1.29, 1.82) is 0 Å². The minimum atomic E-state index is -0.419. The highest BCUT2D eigenvalue weighted by molar-refractivity contribution is 7.97. The molecule has 0 spiro atoms. The van der Waals surface area contributed by atoms with Gasteiger partial charge in [-0.05, 0) is 45.7 Å². The first kappa shape index (κ1) is 18.0. The van der Waals surface area contributed by atoms with Crippen molar-refractivity contribution in [3.05, 3.63) is 12.3 Å². The number of morpholine rings is 1. The highest BCUT2D eigenvalue weighted by atomic mass is 32.2. The predicted molar refractivity (Wildman–Crippen MR) is 94.8 cm³/mol. The van der Waals surface area contributed by atoms with Gasteiger partial charge in [0.25, 0.3) is 0 Å². The van der Waals surface area contributed by atoms with Gasteiger partial charge in [0, 0.05) is 24.7 Å². The average Bonchev–Trinajstić information content (AvgIpc) is 2.76. The summed E-state index contributed by atoms with van der Waals surface area (Å²) in [5, 5.41) is 0. The van der Waals surface area contributed by atoms with Crippen LogP contribution in [0.25, 0.3) is 0 Å². The van der Waals surface area contributed by atoms with Crippen molar-refractivity contribution in [2.45, 2.75) is 43.8 Å². The third kappa shape index (κ3) is 3.58. The van der Waals surface area contributed by atoms with Gasteiger partial charge in [-0.2, -0.15) is 0 Å². The quantitative estimate of drug-likeness (QED) is 0.604. The summed E-state index contributed by atoms with van der Waals surface area (Å²) < 4.78 is 25.3. The molecule has 8 heteroatoms. The molecule has 0 aromatic carbocycles. The van der Waals surface area contributed by atoms with Crippen LogP contribution in [0.15, 0.2) is 17.2 Å². The van der Waals surface area contributed by atoms with Crippen molar-refractivity contribution < 1.29 is 18.8 Å². The highest BCUT2D eigenvalue weighted by Crippen LogP contribution is 2.37. The maximum absolute atomic E-state index is 6.12. The second-order valence-electron chi connectivity index (χ2n) is 7.00. The molecule has 6 nitrogen and oxygen atoms in total. The van der Waals surface area contributed by atoms with Crippen LogP contribution in [0.3, 0.4) is 0 Å². The fourth-order valence-corrected chi connectivity index (χ4v) is 3.56. The molecule has 132 valence electrons. The summed E-state index contributed by atoms with van der Waals surface area (Å²) in [7, 11) is 1.22. The number of pyridine rings is 1. The van der Waals surface area contributed by atoms with Gasteiger partial charge in [0.05, 0.1) is 36.4 Å². The number of rotatable bonds is 4. The lowest BCUT2D eigenvalue weighted by atomic mass is 9.80. The molecule has 0 radical (unpaired) electrons. The lowest BCUT2D eigenvalue weighted by Crippen LogP contribution is -2.41. The van der Waals surface area contributed by atoms with Crippen molar-refractivity contribution >= 4 is 24.5 Å². The van der Waals surface area contributed by atoms with E-state index in [0.717, 1.165) is 36.7 Å². The first-order valence-corrected chi connectivity index (χ1v) is 9.00. The van der Waals surface area contributed by atoms with E-state index in [1.54, 1.807) is 25.3 Å². The van der Waals surface area contributed by atoms with Gasteiger partial charge in [0.2, 0.25) is 5.88 Å². The van der Waals surface area contributed by atoms with E-state index < -0.39 is 7.12 Å². The number of methoxy groups -OCH3 is 1. The van der Waals surface area contributed by atoms with Crippen molar-refractivity contribution in [2.75, 3.05) is 33.4 Å². The Hall–Kier alpha value is -0.795. The smallest absolute Gasteiger partial charge is 0.480 e. The topological polar surface area (TPSA) is 53.0 Å². The standard InChI is InChI=1S/C16H25BN2O4S/c1-15(2)16(3,4)23-17(22-15)12-10-13(14(20-5)18-11-12)24-19-6-8-21-9-7-19/h10-11H,6-9H2,1-5H3. The van der Waals surface area contributed by atoms with Crippen LogP contribution in [0.1, 0.15) is 27.7 Å². The Morgan fingerprint density at radius 3 is 2.38 bits per heavy atom. The van der Waals surface area contributed by atoms with E-state index in [1.165, 1.54) is 0 Å². The van der Waals surface area contributed by atoms with Crippen molar-refractivity contribution in [2.24, 2.45) is 0 Å². The van der Waals surface area contributed by atoms with Gasteiger partial charge >= 0.3 is 7.12 Å². The summed E-state index contributed by atoms with van der Waals surface area (Å²) in [5.41, 5.74) is 0.176. The summed E-state index contributed by atoms with van der Waals surface area (Å²) >= 11 is 1.64. The van der Waals surface area contributed by atoms with Crippen LogP contribution in [0, 0.1) is 0 Å². The maximum Gasteiger partial charge on any atom is 0.496 e. The molecular weight excluding hydrogens is 327 g/mol. The molecular formula is C16H25BN2O4S. The summed E-state index contributed by atoms with van der Waals surface area (Å²) in [6, 6.07) is 2.05. The van der Waals surface area contributed by atoms with Gasteiger partial charge in [0.1, 0.15) is 0 Å². The number of hydrogen-bond donors (Lipinski definition) is 0. The SMILES string of the molecule is COc1ncc(B2OC(C)(C)C(C)(C)O2)cc1SN1CCOCC1. The molecule has 0 aliphatic carbocycles. The molecule has 0 bridgehead atoms. The van der Waals surface area contributed by atoms with Crippen LogP contribution in [-0.2, 0) is 14.0 Å². The summed E-state index contributed by atoms with van der Waals surface area (Å²) in [5.74, 6) is 0.617. The second kappa shape index (κ2) is 6.84. The van der Waals surface area contributed by atoms with Crippen LogP contribution < -0.4 is 10.2 Å². The molecule has 0 amide bonds. The van der Waals surface area contributed by atoms with E-state index in [9.17, 15) is 0 Å². The molecule has 1 aromatic rings. The van der Waals surface area contributed by atoms with Gasteiger partial charge < -0.3 is 18.8 Å². The predicted octanol–water partition coefficient (Wildman–Crippen LogP) is 1.73. The second-order valence-corrected chi connectivity index (χ2v) is 8.14. The van der Waals surface area contributed by atoms with Gasteiger partial charge in [0.15, 0.2) is 0 Å². The Labute approximate surface area is 148 Å². The molecule has 3 rings (SSSR count). The first-order valence-electron chi connectivity index (χ1n) is 8.23. The first-order chi connectivity index (χ1) is 11.3. The van der Waals surface area contributed by atoms with Crippen LogP contribution in [-0.4, -0.2) is 61.0 Å². The molecule has 2 aliphatic rings. The van der Waals surface area contributed by atoms with Gasteiger partial charge in [-0.3, -0.25) is 0 Å². The molecule has 0 N–H and O–H groups in total. The van der Waals surface area contributed by atoms with Crippen molar-refractivity contribution in [1.82, 2.24) is 9.29 Å². The molecule has 1 aromatic heterocycles. The molecule has 2 saturated heterocycles. The zero-order valence-corrected chi connectivity index (χ0v) is 15.8. The Balaban J connectivity index is 1.81. The third-order valence-electron chi connectivity index (χ3n) is 4.76. The summed E-state index contributed by atoms with van der Waals surface area (Å²) in [6.45, 7) is 11.5. The fourth-order valence-electron chi connectivity index (χ4n) is 2.55. The molecule has 0 unspecified atom stereocenters. The van der Waals surface area contributed by atoms with Crippen LogP contribution in [0.2, 0.25) is 0 Å². The van der Waals surface area contributed by atoms with E-state index in [0.29, 0.717) is 5.88 Å². The van der Waals surface area contributed by atoms with E-state index in [-0.39, 0.29) is 11.2 Å². The maximum atomic E-state index is 6.12. The lowest BCUT2D eigenvalue weighted by Gasteiger charge is -2.32. The molecule has 3 heterocycles. The molecule has 24 heavy (non-hydrogen) atoms. The molecule has 0 saturated carbocycles. The Kier molecular flexibility index (Phi) is 5.13. The Morgan fingerprint density at radius 1 is 1.17 bits per heavy atom. The number of ether oxygens (including phenoxy) is 2. The van der Waals surface area contributed by atoms with Gasteiger partial charge in [-0.25, -0.2) is 9.29 Å². The van der Waals surface area contributed by atoms with Crippen LogP contribution >= 0.6 is 11.9 Å².